The number of hydrogen-bond acceptors (Lipinski definition) is 3. The molecule has 0 heterocycles. The van der Waals surface area contributed by atoms with Crippen LogP contribution < -0.4 is 0 Å². The van der Waals surface area contributed by atoms with Gasteiger partial charge in [0.2, 0.25) is 0 Å². The summed E-state index contributed by atoms with van der Waals surface area (Å²) in [6, 6.07) is 0. The zero-order valence-corrected chi connectivity index (χ0v) is 4.11. The van der Waals surface area contributed by atoms with Crippen LogP contribution in [0.1, 0.15) is 0 Å². The van der Waals surface area contributed by atoms with Crippen molar-refractivity contribution in [2.45, 2.75) is 0 Å². The molecule has 0 aromatic carbocycles. The van der Waals surface area contributed by atoms with E-state index in [1.807, 2.05) is 0 Å². The van der Waals surface area contributed by atoms with E-state index in [2.05, 4.69) is 8.56 Å². The van der Waals surface area contributed by atoms with Gasteiger partial charge < -0.3 is 0 Å². The van der Waals surface area contributed by atoms with Gasteiger partial charge in [-0.1, -0.05) is 0 Å². The van der Waals surface area contributed by atoms with Crippen molar-refractivity contribution in [3.63, 3.8) is 0 Å². The fourth-order valence-electron chi connectivity index (χ4n) is 0.0269. The molecule has 0 atom stereocenters. The molecule has 0 unspecified atom stereocenters. The van der Waals surface area contributed by atoms with E-state index >= 15 is 0 Å². The molecule has 0 aliphatic carbocycles. The molecule has 0 aliphatic heterocycles. The van der Waals surface area contributed by atoms with E-state index in [4.69, 9.17) is 3.69 Å². The second-order valence-corrected chi connectivity index (χ2v) is 1.50. The van der Waals surface area contributed by atoms with Gasteiger partial charge in [-0.3, -0.25) is 0 Å². The Balaban J connectivity index is 2.83. The van der Waals surface area contributed by atoms with E-state index in [-0.39, 0.29) is 0 Å². The third-order valence-electron chi connectivity index (χ3n) is 0.103. The number of halogens is 1. The molecule has 0 aromatic heterocycles. The second kappa shape index (κ2) is 3.51. The van der Waals surface area contributed by atoms with Crippen LogP contribution >= 0.6 is 0 Å². The fourth-order valence-corrected chi connectivity index (χ4v) is 0.111. The molecule has 0 spiro atoms. The summed E-state index contributed by atoms with van der Waals surface area (Å²) >= 11 is -3.73. The van der Waals surface area contributed by atoms with Crippen LogP contribution in [-0.4, -0.2) is 3.69 Å². The van der Waals surface area contributed by atoms with Crippen LogP contribution in [0.25, 0.3) is 0 Å². The van der Waals surface area contributed by atoms with Gasteiger partial charge in [0.05, 0.1) is 0 Å². The topological polar surface area (TPSA) is 55.8 Å². The monoisotopic (exact) mass is 132 g/mol. The normalized spacial score (nSPS) is 8.33. The average Bonchev–Trinajstić information content (AvgIpc) is 1.35. The average molecular weight is 132 g/mol. The van der Waals surface area contributed by atoms with Crippen molar-refractivity contribution in [1.29, 1.82) is 0 Å². The Kier molecular flexibility index (Phi) is 3.70. The number of rotatable bonds is 2. The molecule has 0 bridgehead atoms. The zero-order chi connectivity index (χ0) is 4.99. The molecule has 4 nitrogen and oxygen atoms in total. The third-order valence-corrected chi connectivity index (χ3v) is 0.424. The van der Waals surface area contributed by atoms with Crippen LogP contribution in [0.4, 0.5) is 4.53 Å². The van der Waals surface area contributed by atoms with Gasteiger partial charge in [-0.15, -0.1) is 0 Å². The van der Waals surface area contributed by atoms with Crippen LogP contribution in [0, 0.1) is 0 Å². The maximum atomic E-state index is 10.2. The molecule has 36 valence electrons. The van der Waals surface area contributed by atoms with Crippen LogP contribution in [0.3, 0.4) is 0 Å². The minimum atomic E-state index is -3.73. The van der Waals surface area contributed by atoms with Gasteiger partial charge in [0, 0.05) is 0 Å². The molecule has 0 radical (unpaired) electrons. The van der Waals surface area contributed by atoms with E-state index in [1.165, 1.54) is 0 Å². The van der Waals surface area contributed by atoms with Gasteiger partial charge in [-0.05, 0) is 0 Å². The van der Waals surface area contributed by atoms with E-state index in [1.54, 1.807) is 0 Å². The first-order valence-corrected chi connectivity index (χ1v) is 2.93. The maximum absolute atomic E-state index is 10.2. The summed E-state index contributed by atoms with van der Waals surface area (Å²) in [5, 5.41) is 2.31. The molecule has 0 rings (SSSR count). The Morgan fingerprint density at radius 1 is 1.83 bits per heavy atom. The van der Waals surface area contributed by atoms with Crippen molar-refractivity contribution in [2.24, 2.45) is 0 Å². The Labute approximate surface area is 39.4 Å². The van der Waals surface area contributed by atoms with Crippen LogP contribution in [0.2, 0.25) is 0 Å². The molecule has 0 amide bonds. The standard InChI is InChI=1S/FHO2.H2O.O.Ti/c1-3-2;;;/h2H;1H2;;/q;;;+2/p-2. The summed E-state index contributed by atoms with van der Waals surface area (Å²) < 4.78 is 30.1. The molecule has 0 saturated heterocycles. The molecule has 6 heteroatoms. The Hall–Kier alpha value is 0.324. The van der Waals surface area contributed by atoms with Gasteiger partial charge in [-0.2, -0.15) is 0 Å². The predicted molar refractivity (Wildman–Crippen MR) is 6.18 cm³/mol. The third kappa shape index (κ3) is 4.32. The minimum absolute atomic E-state index is 2.31. The molecular weight excluding hydrogens is 131 g/mol. The van der Waals surface area contributed by atoms with Gasteiger partial charge in [0.1, 0.15) is 0 Å². The summed E-state index contributed by atoms with van der Waals surface area (Å²) in [5.74, 6) is 0. The van der Waals surface area contributed by atoms with Crippen molar-refractivity contribution >= 4 is 0 Å². The van der Waals surface area contributed by atoms with E-state index < -0.39 is 18.6 Å². The quantitative estimate of drug-likeness (QED) is 0.315. The molecule has 0 aliphatic rings. The first-order chi connectivity index (χ1) is 2.77. The number of hydrogen-bond donors (Lipinski definition) is 1. The molecule has 0 aromatic rings. The van der Waals surface area contributed by atoms with Crippen molar-refractivity contribution < 1.29 is 38.7 Å². The summed E-state index contributed by atoms with van der Waals surface area (Å²) in [6.45, 7) is 0. The van der Waals surface area contributed by atoms with Crippen molar-refractivity contribution in [1.82, 2.24) is 0 Å². The van der Waals surface area contributed by atoms with E-state index in [0.29, 0.717) is 0 Å². The summed E-state index contributed by atoms with van der Waals surface area (Å²) in [4.78, 5) is 0. The first-order valence-electron chi connectivity index (χ1n) is 0.953. The summed E-state index contributed by atoms with van der Waals surface area (Å²) in [5.41, 5.74) is 0. The van der Waals surface area contributed by atoms with Gasteiger partial charge in [0.25, 0.3) is 0 Å². The van der Waals surface area contributed by atoms with Crippen molar-refractivity contribution in [3.8, 4) is 0 Å². The molecule has 0 saturated carbocycles. The van der Waals surface area contributed by atoms with E-state index in [0.717, 1.165) is 0 Å². The molecule has 0 fully saturated rings. The summed E-state index contributed by atoms with van der Waals surface area (Å²) in [7, 11) is 0. The molecular formula is HFO4Ti. The van der Waals surface area contributed by atoms with E-state index in [9.17, 15) is 7.85 Å². The fraction of sp³-hybridized carbons (Fsp3) is 0. The Morgan fingerprint density at radius 3 is 2.33 bits per heavy atom. The SMILES string of the molecule is [O]=[Ti]([OH])[O]OF. The first kappa shape index (κ1) is 6.32. The molecule has 1 N–H and O–H groups in total. The second-order valence-electron chi connectivity index (χ2n) is 0.412. The van der Waals surface area contributed by atoms with Gasteiger partial charge >= 0.3 is 38.7 Å². The van der Waals surface area contributed by atoms with Gasteiger partial charge in [-0.25, -0.2) is 0 Å². The van der Waals surface area contributed by atoms with Gasteiger partial charge in [0.15, 0.2) is 0 Å². The Morgan fingerprint density at radius 2 is 2.33 bits per heavy atom. The van der Waals surface area contributed by atoms with Crippen molar-refractivity contribution in [3.05, 3.63) is 0 Å². The van der Waals surface area contributed by atoms with Crippen LogP contribution in [0.5, 0.6) is 0 Å². The van der Waals surface area contributed by atoms with Crippen molar-refractivity contribution in [2.75, 3.05) is 0 Å². The predicted octanol–water partition coefficient (Wildman–Crippen LogP) is -0.395. The zero-order valence-electron chi connectivity index (χ0n) is 2.55. The molecule has 6 heavy (non-hydrogen) atoms. The van der Waals surface area contributed by atoms with Crippen LogP contribution in [-0.2, 0) is 30.5 Å². The van der Waals surface area contributed by atoms with Crippen LogP contribution in [0.15, 0.2) is 0 Å². The Bertz CT molecular complexity index is 51.5. The summed E-state index contributed by atoms with van der Waals surface area (Å²) in [6.07, 6.45) is 0.